The van der Waals surface area contributed by atoms with E-state index >= 15 is 0 Å². The van der Waals surface area contributed by atoms with E-state index in [2.05, 4.69) is 23.3 Å². The zero-order valence-corrected chi connectivity index (χ0v) is 13.9. The average molecular weight is 323 g/mol. The van der Waals surface area contributed by atoms with Gasteiger partial charge in [-0.3, -0.25) is 4.79 Å². The van der Waals surface area contributed by atoms with Gasteiger partial charge in [0.1, 0.15) is 9.71 Å². The van der Waals surface area contributed by atoms with E-state index in [4.69, 9.17) is 0 Å². The summed E-state index contributed by atoms with van der Waals surface area (Å²) in [6, 6.07) is 12.1. The first-order valence-corrected chi connectivity index (χ1v) is 8.43. The van der Waals surface area contributed by atoms with E-state index in [9.17, 15) is 4.79 Å². The molecule has 3 heterocycles. The smallest absolute Gasteiger partial charge is 0.267 e. The van der Waals surface area contributed by atoms with E-state index in [1.165, 1.54) is 16.9 Å². The maximum atomic E-state index is 12.9. The number of nitrogens with zero attached hydrogens (tertiary/aromatic N) is 2. The number of thiophene rings is 1. The number of amides is 1. The Bertz CT molecular complexity index is 902. The van der Waals surface area contributed by atoms with Crippen LogP contribution in [0.2, 0.25) is 0 Å². The van der Waals surface area contributed by atoms with Gasteiger partial charge >= 0.3 is 0 Å². The van der Waals surface area contributed by atoms with Crippen molar-refractivity contribution >= 4 is 33.1 Å². The highest BCUT2D eigenvalue weighted by molar-refractivity contribution is 7.21. The first kappa shape index (κ1) is 14.2. The standard InChI is InChI=1S/C18H17N3OS/c1-11-8-12(2)20-17-14(11)15-16(23-17)18(22)21(10-19-15)9-13-6-4-3-5-7-13/h3-8,19H,9-10H2,1-2H3. The summed E-state index contributed by atoms with van der Waals surface area (Å²) in [5.74, 6) is 0.0858. The Morgan fingerprint density at radius 2 is 2.04 bits per heavy atom. The molecule has 0 bridgehead atoms. The number of anilines is 1. The second-order valence-electron chi connectivity index (χ2n) is 5.89. The van der Waals surface area contributed by atoms with Gasteiger partial charge in [0.05, 0.1) is 12.4 Å². The molecule has 23 heavy (non-hydrogen) atoms. The molecule has 116 valence electrons. The molecule has 3 aromatic rings. The Balaban J connectivity index is 1.73. The minimum atomic E-state index is 0.0858. The fourth-order valence-electron chi connectivity index (χ4n) is 3.08. The van der Waals surface area contributed by atoms with Crippen molar-refractivity contribution in [2.75, 3.05) is 12.0 Å². The zero-order chi connectivity index (χ0) is 16.0. The SMILES string of the molecule is Cc1cc(C)c2c3c(sc2n1)C(=O)N(Cc1ccccc1)CN3. The van der Waals surface area contributed by atoms with Crippen LogP contribution in [0.5, 0.6) is 0 Å². The van der Waals surface area contributed by atoms with Crippen molar-refractivity contribution in [1.29, 1.82) is 0 Å². The number of aryl methyl sites for hydroxylation is 2. The molecule has 4 rings (SSSR count). The number of nitrogens with one attached hydrogen (secondary N) is 1. The third-order valence-electron chi connectivity index (χ3n) is 4.13. The summed E-state index contributed by atoms with van der Waals surface area (Å²) in [5, 5.41) is 4.51. The van der Waals surface area contributed by atoms with E-state index in [0.717, 1.165) is 32.0 Å². The predicted molar refractivity (Wildman–Crippen MR) is 93.9 cm³/mol. The molecule has 0 unspecified atom stereocenters. The Morgan fingerprint density at radius 1 is 1.26 bits per heavy atom. The Kier molecular flexibility index (Phi) is 3.31. The molecular formula is C18H17N3OS. The molecule has 4 nitrogen and oxygen atoms in total. The van der Waals surface area contributed by atoms with Crippen LogP contribution in [-0.2, 0) is 6.54 Å². The summed E-state index contributed by atoms with van der Waals surface area (Å²) in [6.45, 7) is 5.21. The number of aromatic nitrogens is 1. The lowest BCUT2D eigenvalue weighted by molar-refractivity contribution is 0.0752. The number of fused-ring (bicyclic) bond motifs is 3. The van der Waals surface area contributed by atoms with E-state index in [1.807, 2.05) is 42.2 Å². The van der Waals surface area contributed by atoms with Crippen LogP contribution >= 0.6 is 11.3 Å². The van der Waals surface area contributed by atoms with Gasteiger partial charge in [-0.1, -0.05) is 30.3 Å². The number of rotatable bonds is 2. The fraction of sp³-hybridized carbons (Fsp3) is 0.222. The van der Waals surface area contributed by atoms with Gasteiger partial charge in [-0.15, -0.1) is 11.3 Å². The molecule has 1 aliphatic heterocycles. The summed E-state index contributed by atoms with van der Waals surface area (Å²) in [7, 11) is 0. The highest BCUT2D eigenvalue weighted by Crippen LogP contribution is 2.39. The lowest BCUT2D eigenvalue weighted by Gasteiger charge is -2.28. The molecule has 0 fully saturated rings. The van der Waals surface area contributed by atoms with Crippen LogP contribution in [0, 0.1) is 13.8 Å². The van der Waals surface area contributed by atoms with Crippen molar-refractivity contribution in [2.45, 2.75) is 20.4 Å². The highest BCUT2D eigenvalue weighted by atomic mass is 32.1. The summed E-state index contributed by atoms with van der Waals surface area (Å²) in [6.07, 6.45) is 0. The Hall–Kier alpha value is -2.40. The van der Waals surface area contributed by atoms with Crippen molar-refractivity contribution in [2.24, 2.45) is 0 Å². The number of carbonyl (C=O) groups is 1. The minimum Gasteiger partial charge on any atom is -0.366 e. The first-order valence-electron chi connectivity index (χ1n) is 7.61. The molecule has 0 spiro atoms. The molecule has 1 aliphatic rings. The van der Waals surface area contributed by atoms with Crippen LogP contribution in [0.15, 0.2) is 36.4 Å². The van der Waals surface area contributed by atoms with Crippen LogP contribution in [0.4, 0.5) is 5.69 Å². The van der Waals surface area contributed by atoms with Crippen LogP contribution in [0.3, 0.4) is 0 Å². The molecule has 0 atom stereocenters. The molecule has 1 N–H and O–H groups in total. The van der Waals surface area contributed by atoms with Gasteiger partial charge in [-0.25, -0.2) is 4.98 Å². The second kappa shape index (κ2) is 5.35. The first-order chi connectivity index (χ1) is 11.1. The molecule has 0 aliphatic carbocycles. The summed E-state index contributed by atoms with van der Waals surface area (Å²) in [5.41, 5.74) is 4.24. The maximum absolute atomic E-state index is 12.9. The number of hydrogen-bond acceptors (Lipinski definition) is 4. The number of hydrogen-bond donors (Lipinski definition) is 1. The van der Waals surface area contributed by atoms with Crippen molar-refractivity contribution in [1.82, 2.24) is 9.88 Å². The van der Waals surface area contributed by atoms with Gasteiger partial charge < -0.3 is 10.2 Å². The van der Waals surface area contributed by atoms with Gasteiger partial charge in [0.15, 0.2) is 0 Å². The van der Waals surface area contributed by atoms with E-state index < -0.39 is 0 Å². The Morgan fingerprint density at radius 3 is 2.83 bits per heavy atom. The van der Waals surface area contributed by atoms with Gasteiger partial charge in [-0.05, 0) is 31.0 Å². The number of pyridine rings is 1. The fourth-order valence-corrected chi connectivity index (χ4v) is 4.32. The van der Waals surface area contributed by atoms with E-state index in [1.54, 1.807) is 0 Å². The van der Waals surface area contributed by atoms with Crippen LogP contribution in [-0.4, -0.2) is 22.5 Å². The minimum absolute atomic E-state index is 0.0858. The summed E-state index contributed by atoms with van der Waals surface area (Å²) in [4.78, 5) is 21.0. The van der Waals surface area contributed by atoms with Crippen LogP contribution < -0.4 is 5.32 Å². The molecule has 0 radical (unpaired) electrons. The van der Waals surface area contributed by atoms with Gasteiger partial charge in [0, 0.05) is 17.6 Å². The monoisotopic (exact) mass is 323 g/mol. The van der Waals surface area contributed by atoms with Crippen molar-refractivity contribution < 1.29 is 4.79 Å². The molecular weight excluding hydrogens is 306 g/mol. The predicted octanol–water partition coefficient (Wildman–Crippen LogP) is 3.94. The Labute approximate surface area is 138 Å². The third kappa shape index (κ3) is 2.37. The zero-order valence-electron chi connectivity index (χ0n) is 13.1. The largest absolute Gasteiger partial charge is 0.366 e. The van der Waals surface area contributed by atoms with Gasteiger partial charge in [0.2, 0.25) is 0 Å². The highest BCUT2D eigenvalue weighted by Gasteiger charge is 2.29. The topological polar surface area (TPSA) is 45.2 Å². The quantitative estimate of drug-likeness (QED) is 0.777. The maximum Gasteiger partial charge on any atom is 0.267 e. The van der Waals surface area contributed by atoms with Crippen LogP contribution in [0.25, 0.3) is 10.2 Å². The molecule has 0 saturated heterocycles. The normalized spacial score (nSPS) is 14.0. The second-order valence-corrected chi connectivity index (χ2v) is 6.89. The van der Waals surface area contributed by atoms with Crippen molar-refractivity contribution in [3.05, 3.63) is 58.1 Å². The third-order valence-corrected chi connectivity index (χ3v) is 5.20. The average Bonchev–Trinajstić information content (AvgIpc) is 2.90. The lowest BCUT2D eigenvalue weighted by atomic mass is 10.1. The number of benzene rings is 1. The molecule has 0 saturated carbocycles. The van der Waals surface area contributed by atoms with Crippen LogP contribution in [0.1, 0.15) is 26.5 Å². The van der Waals surface area contributed by atoms with Crippen molar-refractivity contribution in [3.63, 3.8) is 0 Å². The van der Waals surface area contributed by atoms with E-state index in [-0.39, 0.29) is 5.91 Å². The molecule has 1 amide bonds. The van der Waals surface area contributed by atoms with Gasteiger partial charge in [0.25, 0.3) is 5.91 Å². The van der Waals surface area contributed by atoms with Crippen molar-refractivity contribution in [3.8, 4) is 0 Å². The lowest BCUT2D eigenvalue weighted by Crippen LogP contribution is -2.38. The summed E-state index contributed by atoms with van der Waals surface area (Å²) >= 11 is 1.49. The van der Waals surface area contributed by atoms with Gasteiger partial charge in [-0.2, -0.15) is 0 Å². The molecule has 1 aromatic carbocycles. The molecule has 2 aromatic heterocycles. The summed E-state index contributed by atoms with van der Waals surface area (Å²) < 4.78 is 0. The number of carbonyl (C=O) groups excluding carboxylic acids is 1. The van der Waals surface area contributed by atoms with E-state index in [0.29, 0.717) is 13.2 Å². The molecule has 5 heteroatoms.